The van der Waals surface area contributed by atoms with Crippen LogP contribution in [0.2, 0.25) is 0 Å². The van der Waals surface area contributed by atoms with Gasteiger partial charge in [0.15, 0.2) is 0 Å². The molecule has 0 aromatic carbocycles. The highest BCUT2D eigenvalue weighted by atomic mass is 16.5. The summed E-state index contributed by atoms with van der Waals surface area (Å²) >= 11 is 0. The number of aromatic nitrogens is 2. The third-order valence-corrected chi connectivity index (χ3v) is 3.19. The predicted octanol–water partition coefficient (Wildman–Crippen LogP) is 1.28. The first kappa shape index (κ1) is 14.0. The summed E-state index contributed by atoms with van der Waals surface area (Å²) in [6.07, 6.45) is 0. The van der Waals surface area contributed by atoms with Crippen molar-refractivity contribution < 1.29 is 4.74 Å². The fourth-order valence-corrected chi connectivity index (χ4v) is 2.06. The van der Waals surface area contributed by atoms with Gasteiger partial charge in [-0.2, -0.15) is 0 Å². The van der Waals surface area contributed by atoms with Gasteiger partial charge >= 0.3 is 0 Å². The molecule has 1 aliphatic rings. The van der Waals surface area contributed by atoms with Crippen molar-refractivity contribution in [3.05, 3.63) is 11.9 Å². The second-order valence-electron chi connectivity index (χ2n) is 5.95. The van der Waals surface area contributed by atoms with E-state index in [0.717, 1.165) is 31.4 Å². The van der Waals surface area contributed by atoms with Crippen LogP contribution in [0, 0.1) is 0 Å². The van der Waals surface area contributed by atoms with Gasteiger partial charge in [0.05, 0.1) is 19.3 Å². The van der Waals surface area contributed by atoms with Crippen LogP contribution in [0.4, 0.5) is 11.6 Å². The number of hydrogen-bond acceptors (Lipinski definition) is 6. The Morgan fingerprint density at radius 3 is 2.74 bits per heavy atom. The molecule has 1 fully saturated rings. The van der Waals surface area contributed by atoms with E-state index in [1.807, 2.05) is 6.07 Å². The van der Waals surface area contributed by atoms with Crippen LogP contribution in [-0.4, -0.2) is 35.8 Å². The summed E-state index contributed by atoms with van der Waals surface area (Å²) in [4.78, 5) is 11.4. The summed E-state index contributed by atoms with van der Waals surface area (Å²) in [5.74, 6) is 7.85. The van der Waals surface area contributed by atoms with Crippen LogP contribution in [0.25, 0.3) is 0 Å². The number of nitrogens with one attached hydrogen (secondary N) is 1. The number of nitrogens with zero attached hydrogens (tertiary/aromatic N) is 3. The molecule has 3 N–H and O–H groups in total. The predicted molar refractivity (Wildman–Crippen MR) is 76.2 cm³/mol. The Morgan fingerprint density at radius 1 is 1.42 bits per heavy atom. The fourth-order valence-electron chi connectivity index (χ4n) is 2.06. The van der Waals surface area contributed by atoms with E-state index in [9.17, 15) is 0 Å². The third-order valence-electron chi connectivity index (χ3n) is 3.19. The second-order valence-corrected chi connectivity index (χ2v) is 5.95. The Labute approximate surface area is 114 Å². The average molecular weight is 265 g/mol. The highest BCUT2D eigenvalue weighted by Gasteiger charge is 2.24. The number of ether oxygens (including phenoxy) is 1. The lowest BCUT2D eigenvalue weighted by molar-refractivity contribution is 0.0985. The summed E-state index contributed by atoms with van der Waals surface area (Å²) < 4.78 is 5.46. The van der Waals surface area contributed by atoms with Crippen molar-refractivity contribution in [1.29, 1.82) is 0 Å². The molecule has 0 aliphatic carbocycles. The van der Waals surface area contributed by atoms with Crippen molar-refractivity contribution >= 4 is 11.6 Å². The molecule has 2 heterocycles. The van der Waals surface area contributed by atoms with Crippen LogP contribution in [0.3, 0.4) is 0 Å². The molecule has 106 valence electrons. The van der Waals surface area contributed by atoms with Crippen molar-refractivity contribution in [2.75, 3.05) is 30.1 Å². The molecule has 1 aliphatic heterocycles. The molecule has 0 radical (unpaired) electrons. The molecular formula is C13H23N5O. The maximum Gasteiger partial charge on any atom is 0.145 e. The number of rotatable bonds is 2. The van der Waals surface area contributed by atoms with E-state index in [1.165, 1.54) is 0 Å². The zero-order valence-electron chi connectivity index (χ0n) is 12.1. The molecule has 0 saturated carbocycles. The van der Waals surface area contributed by atoms with Crippen molar-refractivity contribution in [2.24, 2.45) is 5.84 Å². The number of nitrogens with two attached hydrogens (primary N) is 1. The molecule has 2 rings (SSSR count). The Hall–Kier alpha value is -1.40. The SMILES string of the molecule is CC1COCCN1c1cc(NN)nc(C(C)(C)C)n1. The molecule has 0 bridgehead atoms. The first-order chi connectivity index (χ1) is 8.91. The van der Waals surface area contributed by atoms with E-state index in [0.29, 0.717) is 11.9 Å². The first-order valence-corrected chi connectivity index (χ1v) is 6.62. The lowest BCUT2D eigenvalue weighted by atomic mass is 9.95. The molecule has 1 unspecified atom stereocenters. The molecule has 6 nitrogen and oxygen atoms in total. The van der Waals surface area contributed by atoms with Gasteiger partial charge < -0.3 is 15.1 Å². The molecule has 6 heteroatoms. The molecule has 1 saturated heterocycles. The van der Waals surface area contributed by atoms with Gasteiger partial charge in [-0.25, -0.2) is 15.8 Å². The van der Waals surface area contributed by atoms with Crippen LogP contribution in [0.15, 0.2) is 6.07 Å². The first-order valence-electron chi connectivity index (χ1n) is 6.62. The molecule has 1 aromatic heterocycles. The van der Waals surface area contributed by atoms with Gasteiger partial charge in [-0.05, 0) is 6.92 Å². The number of hydrogen-bond donors (Lipinski definition) is 2. The van der Waals surface area contributed by atoms with Crippen LogP contribution in [0.1, 0.15) is 33.5 Å². The summed E-state index contributed by atoms with van der Waals surface area (Å²) in [5.41, 5.74) is 2.51. The van der Waals surface area contributed by atoms with E-state index >= 15 is 0 Å². The number of hydrazine groups is 1. The van der Waals surface area contributed by atoms with E-state index in [4.69, 9.17) is 15.6 Å². The number of nitrogen functional groups attached to an aromatic ring is 1. The van der Waals surface area contributed by atoms with E-state index in [2.05, 4.69) is 43.0 Å². The summed E-state index contributed by atoms with van der Waals surface area (Å²) in [7, 11) is 0. The minimum Gasteiger partial charge on any atom is -0.377 e. The van der Waals surface area contributed by atoms with Crippen molar-refractivity contribution in [3.8, 4) is 0 Å². The lowest BCUT2D eigenvalue weighted by Crippen LogP contribution is -2.44. The van der Waals surface area contributed by atoms with Gasteiger partial charge in [-0.3, -0.25) is 0 Å². The minimum absolute atomic E-state index is 0.114. The number of anilines is 2. The molecule has 0 amide bonds. The van der Waals surface area contributed by atoms with Gasteiger partial charge in [0.2, 0.25) is 0 Å². The lowest BCUT2D eigenvalue weighted by Gasteiger charge is -2.35. The zero-order chi connectivity index (χ0) is 14.0. The van der Waals surface area contributed by atoms with Gasteiger partial charge in [0.1, 0.15) is 17.5 Å². The van der Waals surface area contributed by atoms with Gasteiger partial charge in [0, 0.05) is 18.0 Å². The van der Waals surface area contributed by atoms with Crippen molar-refractivity contribution in [2.45, 2.75) is 39.2 Å². The molecule has 0 spiro atoms. The number of morpholine rings is 1. The highest BCUT2D eigenvalue weighted by molar-refractivity contribution is 5.50. The fraction of sp³-hybridized carbons (Fsp3) is 0.692. The highest BCUT2D eigenvalue weighted by Crippen LogP contribution is 2.25. The summed E-state index contributed by atoms with van der Waals surface area (Å²) in [6, 6.07) is 2.19. The standard InChI is InChI=1S/C13H23N5O/c1-9-8-19-6-5-18(9)11-7-10(17-14)15-12(16-11)13(2,3)4/h7,9H,5-6,8,14H2,1-4H3,(H,15,16,17). The molecule has 1 aromatic rings. The summed E-state index contributed by atoms with van der Waals surface area (Å²) in [5, 5.41) is 0. The van der Waals surface area contributed by atoms with Gasteiger partial charge in [0.25, 0.3) is 0 Å². The largest absolute Gasteiger partial charge is 0.377 e. The third kappa shape index (κ3) is 3.13. The van der Waals surface area contributed by atoms with Crippen LogP contribution in [0.5, 0.6) is 0 Å². The normalized spacial score (nSPS) is 20.5. The molecule has 1 atom stereocenters. The maximum atomic E-state index is 5.51. The Bertz CT molecular complexity index is 443. The van der Waals surface area contributed by atoms with Crippen LogP contribution in [-0.2, 0) is 10.2 Å². The second kappa shape index (κ2) is 5.30. The molecular weight excluding hydrogens is 242 g/mol. The maximum absolute atomic E-state index is 5.51. The topological polar surface area (TPSA) is 76.3 Å². The van der Waals surface area contributed by atoms with Crippen LogP contribution < -0.4 is 16.2 Å². The monoisotopic (exact) mass is 265 g/mol. The quantitative estimate of drug-likeness (QED) is 0.620. The molecule has 19 heavy (non-hydrogen) atoms. The van der Waals surface area contributed by atoms with Crippen molar-refractivity contribution in [3.63, 3.8) is 0 Å². The Kier molecular flexibility index (Phi) is 3.91. The Balaban J connectivity index is 2.39. The van der Waals surface area contributed by atoms with Crippen LogP contribution >= 0.6 is 0 Å². The average Bonchev–Trinajstić information content (AvgIpc) is 2.37. The smallest absolute Gasteiger partial charge is 0.145 e. The zero-order valence-corrected chi connectivity index (χ0v) is 12.1. The van der Waals surface area contributed by atoms with Crippen molar-refractivity contribution in [1.82, 2.24) is 9.97 Å². The van der Waals surface area contributed by atoms with Gasteiger partial charge in [-0.15, -0.1) is 0 Å². The minimum atomic E-state index is -0.114. The van der Waals surface area contributed by atoms with E-state index in [-0.39, 0.29) is 5.41 Å². The Morgan fingerprint density at radius 2 is 2.16 bits per heavy atom. The van der Waals surface area contributed by atoms with E-state index < -0.39 is 0 Å². The van der Waals surface area contributed by atoms with Gasteiger partial charge in [-0.1, -0.05) is 20.8 Å². The summed E-state index contributed by atoms with van der Waals surface area (Å²) in [6.45, 7) is 10.7. The van der Waals surface area contributed by atoms with E-state index in [1.54, 1.807) is 0 Å².